The molecule has 1 aliphatic carbocycles. The lowest BCUT2D eigenvalue weighted by Gasteiger charge is -2.27. The molecule has 19 heavy (non-hydrogen) atoms. The zero-order valence-corrected chi connectivity index (χ0v) is 11.9. The van der Waals surface area contributed by atoms with Crippen molar-refractivity contribution in [3.63, 3.8) is 0 Å². The van der Waals surface area contributed by atoms with Gasteiger partial charge in [0.2, 0.25) is 5.91 Å². The van der Waals surface area contributed by atoms with Crippen molar-refractivity contribution in [3.8, 4) is 0 Å². The van der Waals surface area contributed by atoms with Crippen LogP contribution in [0.25, 0.3) is 0 Å². The summed E-state index contributed by atoms with van der Waals surface area (Å²) in [6.07, 6.45) is 5.62. The number of hydrogen-bond donors (Lipinski definition) is 3. The first kappa shape index (κ1) is 16.4. The molecule has 1 saturated carbocycles. The van der Waals surface area contributed by atoms with E-state index in [0.717, 1.165) is 18.8 Å². The molecule has 0 bridgehead atoms. The molecule has 1 aliphatic rings. The average molecular weight is 272 g/mol. The summed E-state index contributed by atoms with van der Waals surface area (Å²) in [7, 11) is 0. The molecule has 112 valence electrons. The minimum absolute atomic E-state index is 0.280. The fraction of sp³-hybridized carbons (Fsp3) is 0.929. The molecule has 0 spiro atoms. The number of rotatable bonds is 9. The van der Waals surface area contributed by atoms with Gasteiger partial charge in [0.05, 0.1) is 18.8 Å². The van der Waals surface area contributed by atoms with Gasteiger partial charge in [-0.15, -0.1) is 0 Å². The summed E-state index contributed by atoms with van der Waals surface area (Å²) in [5.74, 6) is 0.536. The standard InChI is InChI=1S/C14H28N2O3/c1-11-4-6-13(7-5-11)19-10-12(17)9-16-8-2-3-14(15)18/h11-13,16-17H,2-10H2,1H3,(H2,15,18). The number of primary amides is 1. The van der Waals surface area contributed by atoms with E-state index in [-0.39, 0.29) is 5.91 Å². The second-order valence-electron chi connectivity index (χ2n) is 5.64. The number of amides is 1. The largest absolute Gasteiger partial charge is 0.389 e. The van der Waals surface area contributed by atoms with Gasteiger partial charge in [-0.2, -0.15) is 0 Å². The number of ether oxygens (including phenoxy) is 1. The lowest BCUT2D eigenvalue weighted by atomic mass is 9.89. The van der Waals surface area contributed by atoms with E-state index in [4.69, 9.17) is 10.5 Å². The van der Waals surface area contributed by atoms with Gasteiger partial charge >= 0.3 is 0 Å². The van der Waals surface area contributed by atoms with E-state index in [1.807, 2.05) is 0 Å². The van der Waals surface area contributed by atoms with Crippen LogP contribution in [-0.2, 0) is 9.53 Å². The third-order valence-electron chi connectivity index (χ3n) is 3.64. The highest BCUT2D eigenvalue weighted by atomic mass is 16.5. The summed E-state index contributed by atoms with van der Waals surface area (Å²) in [6, 6.07) is 0. The topological polar surface area (TPSA) is 84.6 Å². The molecule has 4 N–H and O–H groups in total. The van der Waals surface area contributed by atoms with Crippen molar-refractivity contribution in [1.82, 2.24) is 5.32 Å². The van der Waals surface area contributed by atoms with Crippen LogP contribution in [0.15, 0.2) is 0 Å². The molecule has 1 unspecified atom stereocenters. The lowest BCUT2D eigenvalue weighted by Crippen LogP contribution is -2.33. The molecule has 0 aromatic rings. The van der Waals surface area contributed by atoms with Crippen molar-refractivity contribution in [3.05, 3.63) is 0 Å². The average Bonchev–Trinajstić information content (AvgIpc) is 2.37. The van der Waals surface area contributed by atoms with Crippen LogP contribution in [0.5, 0.6) is 0 Å². The molecule has 0 heterocycles. The van der Waals surface area contributed by atoms with Gasteiger partial charge < -0.3 is 20.9 Å². The molecule has 1 fully saturated rings. The molecule has 0 aromatic heterocycles. The highest BCUT2D eigenvalue weighted by Crippen LogP contribution is 2.25. The highest BCUT2D eigenvalue weighted by molar-refractivity contribution is 5.73. The van der Waals surface area contributed by atoms with Gasteiger partial charge in [-0.1, -0.05) is 6.92 Å². The van der Waals surface area contributed by atoms with Gasteiger partial charge in [0.25, 0.3) is 0 Å². The molecule has 0 aromatic carbocycles. The molecule has 0 saturated heterocycles. The van der Waals surface area contributed by atoms with Crippen molar-refractivity contribution < 1.29 is 14.6 Å². The Balaban J connectivity index is 1.95. The Morgan fingerprint density at radius 3 is 2.74 bits per heavy atom. The third kappa shape index (κ3) is 8.18. The van der Waals surface area contributed by atoms with Crippen molar-refractivity contribution in [2.75, 3.05) is 19.7 Å². The summed E-state index contributed by atoms with van der Waals surface area (Å²) in [4.78, 5) is 10.5. The van der Waals surface area contributed by atoms with E-state index in [2.05, 4.69) is 12.2 Å². The summed E-state index contributed by atoms with van der Waals surface area (Å²) < 4.78 is 5.72. The number of nitrogens with one attached hydrogen (secondary N) is 1. The van der Waals surface area contributed by atoms with E-state index < -0.39 is 6.10 Å². The van der Waals surface area contributed by atoms with Crippen LogP contribution in [0.1, 0.15) is 45.4 Å². The fourth-order valence-corrected chi connectivity index (χ4v) is 2.36. The van der Waals surface area contributed by atoms with E-state index >= 15 is 0 Å². The van der Waals surface area contributed by atoms with Crippen LogP contribution in [0, 0.1) is 5.92 Å². The van der Waals surface area contributed by atoms with E-state index in [9.17, 15) is 9.90 Å². The van der Waals surface area contributed by atoms with Crippen molar-refractivity contribution in [2.45, 2.75) is 57.7 Å². The fourth-order valence-electron chi connectivity index (χ4n) is 2.36. The normalized spacial score (nSPS) is 25.2. The van der Waals surface area contributed by atoms with Gasteiger partial charge in [0, 0.05) is 13.0 Å². The van der Waals surface area contributed by atoms with Crippen LogP contribution in [0.3, 0.4) is 0 Å². The first-order valence-electron chi connectivity index (χ1n) is 7.36. The van der Waals surface area contributed by atoms with E-state index in [0.29, 0.717) is 38.6 Å². The predicted molar refractivity (Wildman–Crippen MR) is 74.7 cm³/mol. The quantitative estimate of drug-likeness (QED) is 0.542. The molecule has 0 aliphatic heterocycles. The van der Waals surface area contributed by atoms with E-state index in [1.165, 1.54) is 12.8 Å². The van der Waals surface area contributed by atoms with E-state index in [1.54, 1.807) is 0 Å². The van der Waals surface area contributed by atoms with Crippen molar-refractivity contribution >= 4 is 5.91 Å². The maximum atomic E-state index is 10.5. The summed E-state index contributed by atoms with van der Waals surface area (Å²) in [6.45, 7) is 3.87. The van der Waals surface area contributed by atoms with Gasteiger partial charge in [0.1, 0.15) is 0 Å². The maximum absolute atomic E-state index is 10.5. The molecule has 5 heteroatoms. The Kier molecular flexibility index (Phi) is 8.02. The van der Waals surface area contributed by atoms with Crippen LogP contribution < -0.4 is 11.1 Å². The minimum Gasteiger partial charge on any atom is -0.389 e. The summed E-state index contributed by atoms with van der Waals surface area (Å²) >= 11 is 0. The molecule has 1 amide bonds. The van der Waals surface area contributed by atoms with Gasteiger partial charge in [-0.25, -0.2) is 0 Å². The second-order valence-corrected chi connectivity index (χ2v) is 5.64. The van der Waals surface area contributed by atoms with Crippen LogP contribution in [-0.4, -0.2) is 42.9 Å². The van der Waals surface area contributed by atoms with Crippen LogP contribution >= 0.6 is 0 Å². The van der Waals surface area contributed by atoms with Crippen molar-refractivity contribution in [2.24, 2.45) is 11.7 Å². The predicted octanol–water partition coefficient (Wildman–Crippen LogP) is 0.798. The monoisotopic (exact) mass is 272 g/mol. The molecular weight excluding hydrogens is 244 g/mol. The number of aliphatic hydroxyl groups excluding tert-OH is 1. The highest BCUT2D eigenvalue weighted by Gasteiger charge is 2.19. The molecule has 5 nitrogen and oxygen atoms in total. The molecular formula is C14H28N2O3. The zero-order valence-electron chi connectivity index (χ0n) is 11.9. The number of carbonyl (C=O) groups is 1. The minimum atomic E-state index is -0.479. The number of carbonyl (C=O) groups excluding carboxylic acids is 1. The number of aliphatic hydroxyl groups is 1. The smallest absolute Gasteiger partial charge is 0.217 e. The molecule has 1 atom stereocenters. The SMILES string of the molecule is CC1CCC(OCC(O)CNCCCC(N)=O)CC1. The van der Waals surface area contributed by atoms with Crippen LogP contribution in [0.4, 0.5) is 0 Å². The first-order chi connectivity index (χ1) is 9.08. The summed E-state index contributed by atoms with van der Waals surface area (Å²) in [5, 5.41) is 12.9. The Labute approximate surface area is 115 Å². The van der Waals surface area contributed by atoms with Gasteiger partial charge in [-0.3, -0.25) is 4.79 Å². The van der Waals surface area contributed by atoms with Gasteiger partial charge in [0.15, 0.2) is 0 Å². The Hall–Kier alpha value is -0.650. The van der Waals surface area contributed by atoms with Crippen LogP contribution in [0.2, 0.25) is 0 Å². The lowest BCUT2D eigenvalue weighted by molar-refractivity contribution is -0.118. The Bertz CT molecular complexity index is 253. The Morgan fingerprint density at radius 2 is 2.11 bits per heavy atom. The van der Waals surface area contributed by atoms with Crippen molar-refractivity contribution in [1.29, 1.82) is 0 Å². The zero-order chi connectivity index (χ0) is 14.1. The van der Waals surface area contributed by atoms with Gasteiger partial charge in [-0.05, 0) is 44.6 Å². The second kappa shape index (κ2) is 9.28. The summed E-state index contributed by atoms with van der Waals surface area (Å²) in [5.41, 5.74) is 5.04. The molecule has 0 radical (unpaired) electrons. The number of nitrogens with two attached hydrogens (primary N) is 1. The maximum Gasteiger partial charge on any atom is 0.217 e. The number of hydrogen-bond acceptors (Lipinski definition) is 4. The third-order valence-corrected chi connectivity index (χ3v) is 3.64. The first-order valence-corrected chi connectivity index (χ1v) is 7.36. The molecule has 1 rings (SSSR count). The Morgan fingerprint density at radius 1 is 1.42 bits per heavy atom.